The number of carbonyl (C=O) groups excluding carboxylic acids is 1. The van der Waals surface area contributed by atoms with Crippen molar-refractivity contribution in [3.05, 3.63) is 53.9 Å². The molecule has 0 saturated carbocycles. The molecule has 0 saturated heterocycles. The molecule has 1 amide bonds. The molecule has 0 radical (unpaired) electrons. The Hall–Kier alpha value is -2.91. The van der Waals surface area contributed by atoms with Crippen LogP contribution in [0.25, 0.3) is 11.0 Å². The van der Waals surface area contributed by atoms with Gasteiger partial charge in [0.15, 0.2) is 0 Å². The van der Waals surface area contributed by atoms with Crippen LogP contribution in [-0.2, 0) is 28.3 Å². The topological polar surface area (TPSA) is 93.5 Å². The molecule has 0 fully saturated rings. The molecule has 0 bridgehead atoms. The summed E-state index contributed by atoms with van der Waals surface area (Å²) in [4.78, 5) is 17.1. The Morgan fingerprint density at radius 3 is 2.61 bits per heavy atom. The van der Waals surface area contributed by atoms with Crippen LogP contribution < -0.4 is 10.1 Å². The lowest BCUT2D eigenvalue weighted by atomic mass is 10.2. The van der Waals surface area contributed by atoms with Crippen LogP contribution in [0.1, 0.15) is 31.7 Å². The van der Waals surface area contributed by atoms with Crippen molar-refractivity contribution in [2.24, 2.45) is 7.05 Å². The molecule has 8 nitrogen and oxygen atoms in total. The summed E-state index contributed by atoms with van der Waals surface area (Å²) in [6, 6.07) is 12.8. The number of benzene rings is 2. The number of sulfonamides is 1. The zero-order valence-corrected chi connectivity index (χ0v) is 20.5. The normalized spacial score (nSPS) is 11.8. The molecule has 0 aliphatic carbocycles. The summed E-state index contributed by atoms with van der Waals surface area (Å²) < 4.78 is 34.6. The average molecular weight is 473 g/mol. The van der Waals surface area contributed by atoms with Crippen molar-refractivity contribution in [3.8, 4) is 5.75 Å². The summed E-state index contributed by atoms with van der Waals surface area (Å²) in [5.41, 5.74) is 2.56. The molecule has 0 aliphatic rings. The molecule has 2 aromatic carbocycles. The number of nitrogens with zero attached hydrogens (tertiary/aromatic N) is 3. The molecule has 3 rings (SSSR count). The second-order valence-corrected chi connectivity index (χ2v) is 9.78. The SMILES string of the molecule is CCN(CC)S(=O)(=O)c1ccc2c(c1)nc(CCC(=O)NCCOc1cccc(C)c1)n2C. The van der Waals surface area contributed by atoms with Crippen molar-refractivity contribution in [1.82, 2.24) is 19.2 Å². The van der Waals surface area contributed by atoms with Crippen molar-refractivity contribution in [1.29, 1.82) is 0 Å². The summed E-state index contributed by atoms with van der Waals surface area (Å²) >= 11 is 0. The Balaban J connectivity index is 1.57. The molecule has 9 heteroatoms. The number of rotatable bonds is 11. The van der Waals surface area contributed by atoms with Crippen molar-refractivity contribution in [2.75, 3.05) is 26.2 Å². The minimum Gasteiger partial charge on any atom is -0.492 e. The lowest BCUT2D eigenvalue weighted by Crippen LogP contribution is -2.30. The quantitative estimate of drug-likeness (QED) is 0.433. The fraction of sp³-hybridized carbons (Fsp3) is 0.417. The number of amides is 1. The molecule has 0 spiro atoms. The summed E-state index contributed by atoms with van der Waals surface area (Å²) in [6.07, 6.45) is 0.736. The van der Waals surface area contributed by atoms with Gasteiger partial charge in [-0.15, -0.1) is 0 Å². The van der Waals surface area contributed by atoms with E-state index in [1.807, 2.05) is 56.7 Å². The third kappa shape index (κ3) is 5.91. The minimum absolute atomic E-state index is 0.0836. The van der Waals surface area contributed by atoms with E-state index in [9.17, 15) is 13.2 Å². The van der Waals surface area contributed by atoms with E-state index in [0.717, 1.165) is 22.7 Å². The first-order chi connectivity index (χ1) is 15.8. The van der Waals surface area contributed by atoms with E-state index in [4.69, 9.17) is 4.74 Å². The van der Waals surface area contributed by atoms with Crippen molar-refractivity contribution >= 4 is 27.0 Å². The fourth-order valence-corrected chi connectivity index (χ4v) is 5.18. The zero-order valence-electron chi connectivity index (χ0n) is 19.7. The monoisotopic (exact) mass is 472 g/mol. The van der Waals surface area contributed by atoms with E-state index < -0.39 is 10.0 Å². The molecule has 3 aromatic rings. The maximum atomic E-state index is 12.8. The summed E-state index contributed by atoms with van der Waals surface area (Å²) in [6.45, 7) is 7.27. The van der Waals surface area contributed by atoms with E-state index in [1.165, 1.54) is 4.31 Å². The molecule has 33 heavy (non-hydrogen) atoms. The Kier molecular flexibility index (Phi) is 8.10. The van der Waals surface area contributed by atoms with Gasteiger partial charge in [0.25, 0.3) is 0 Å². The number of nitrogens with one attached hydrogen (secondary N) is 1. The Morgan fingerprint density at radius 2 is 1.91 bits per heavy atom. The number of hydrogen-bond donors (Lipinski definition) is 1. The van der Waals surface area contributed by atoms with Gasteiger partial charge in [-0.1, -0.05) is 26.0 Å². The first-order valence-corrected chi connectivity index (χ1v) is 12.6. The van der Waals surface area contributed by atoms with Crippen LogP contribution in [-0.4, -0.2) is 54.4 Å². The third-order valence-electron chi connectivity index (χ3n) is 5.55. The summed E-state index contributed by atoms with van der Waals surface area (Å²) in [5, 5.41) is 2.86. The molecule has 1 N–H and O–H groups in total. The highest BCUT2D eigenvalue weighted by molar-refractivity contribution is 7.89. The second kappa shape index (κ2) is 10.8. The molecule has 1 aromatic heterocycles. The van der Waals surface area contributed by atoms with Crippen LogP contribution in [0.3, 0.4) is 0 Å². The molecule has 0 atom stereocenters. The number of imidazole rings is 1. The third-order valence-corrected chi connectivity index (χ3v) is 7.59. The molecular formula is C24H32N4O4S. The number of ether oxygens (including phenoxy) is 1. The Bertz CT molecular complexity index is 1220. The van der Waals surface area contributed by atoms with Gasteiger partial charge in [-0.05, 0) is 42.8 Å². The highest BCUT2D eigenvalue weighted by Gasteiger charge is 2.22. The van der Waals surface area contributed by atoms with Gasteiger partial charge in [-0.25, -0.2) is 13.4 Å². The van der Waals surface area contributed by atoms with Crippen LogP contribution in [0, 0.1) is 6.92 Å². The van der Waals surface area contributed by atoms with E-state index in [2.05, 4.69) is 10.3 Å². The lowest BCUT2D eigenvalue weighted by molar-refractivity contribution is -0.121. The maximum absolute atomic E-state index is 12.8. The number of aromatic nitrogens is 2. The largest absolute Gasteiger partial charge is 0.492 e. The number of aryl methyl sites for hydroxylation is 3. The highest BCUT2D eigenvalue weighted by Crippen LogP contribution is 2.22. The van der Waals surface area contributed by atoms with Gasteiger partial charge in [0.2, 0.25) is 15.9 Å². The predicted molar refractivity (Wildman–Crippen MR) is 129 cm³/mol. The Morgan fingerprint density at radius 1 is 1.15 bits per heavy atom. The maximum Gasteiger partial charge on any atom is 0.243 e. The molecular weight excluding hydrogens is 440 g/mol. The van der Waals surface area contributed by atoms with Crippen LogP contribution in [0.5, 0.6) is 5.75 Å². The fourth-order valence-electron chi connectivity index (χ4n) is 3.70. The first-order valence-electron chi connectivity index (χ1n) is 11.2. The summed E-state index contributed by atoms with van der Waals surface area (Å²) in [5.74, 6) is 1.43. The number of hydrogen-bond acceptors (Lipinski definition) is 5. The van der Waals surface area contributed by atoms with Crippen LogP contribution in [0.2, 0.25) is 0 Å². The molecule has 1 heterocycles. The average Bonchev–Trinajstić information content (AvgIpc) is 3.11. The van der Waals surface area contributed by atoms with Crippen LogP contribution >= 0.6 is 0 Å². The van der Waals surface area contributed by atoms with E-state index in [-0.39, 0.29) is 17.2 Å². The van der Waals surface area contributed by atoms with Gasteiger partial charge >= 0.3 is 0 Å². The summed E-state index contributed by atoms with van der Waals surface area (Å²) in [7, 11) is -1.68. The minimum atomic E-state index is -3.55. The van der Waals surface area contributed by atoms with Crippen molar-refractivity contribution < 1.29 is 17.9 Å². The Labute approximate surface area is 195 Å². The second-order valence-electron chi connectivity index (χ2n) is 7.84. The smallest absolute Gasteiger partial charge is 0.243 e. The first kappa shape index (κ1) is 24.7. The standard InChI is InChI=1S/C24H32N4O4S/c1-5-28(6-2)33(30,31)20-10-11-22-21(17-20)26-23(27(22)4)12-13-24(29)25-14-15-32-19-9-7-8-18(3)16-19/h7-11,16-17H,5-6,12-15H2,1-4H3,(H,25,29). The van der Waals surface area contributed by atoms with Gasteiger partial charge in [0.1, 0.15) is 18.2 Å². The van der Waals surface area contributed by atoms with Gasteiger partial charge < -0.3 is 14.6 Å². The van der Waals surface area contributed by atoms with E-state index in [1.54, 1.807) is 18.2 Å². The van der Waals surface area contributed by atoms with Crippen LogP contribution in [0.4, 0.5) is 0 Å². The zero-order chi connectivity index (χ0) is 24.0. The van der Waals surface area contributed by atoms with Gasteiger partial charge in [-0.3, -0.25) is 4.79 Å². The lowest BCUT2D eigenvalue weighted by Gasteiger charge is -2.18. The molecule has 178 valence electrons. The van der Waals surface area contributed by atoms with Gasteiger partial charge in [-0.2, -0.15) is 4.31 Å². The van der Waals surface area contributed by atoms with Crippen LogP contribution in [0.15, 0.2) is 47.4 Å². The van der Waals surface area contributed by atoms with Crippen molar-refractivity contribution in [3.63, 3.8) is 0 Å². The van der Waals surface area contributed by atoms with E-state index in [0.29, 0.717) is 38.2 Å². The molecule has 0 unspecified atom stereocenters. The molecule has 0 aliphatic heterocycles. The van der Waals surface area contributed by atoms with Crippen molar-refractivity contribution in [2.45, 2.75) is 38.5 Å². The highest BCUT2D eigenvalue weighted by atomic mass is 32.2. The van der Waals surface area contributed by atoms with Gasteiger partial charge in [0, 0.05) is 33.0 Å². The number of carbonyl (C=O) groups is 1. The van der Waals surface area contributed by atoms with E-state index >= 15 is 0 Å². The van der Waals surface area contributed by atoms with Gasteiger partial charge in [0.05, 0.1) is 22.5 Å². The predicted octanol–water partition coefficient (Wildman–Crippen LogP) is 3.04. The number of fused-ring (bicyclic) bond motifs is 1.